The molecule has 0 saturated heterocycles. The minimum atomic E-state index is 0.128. The van der Waals surface area contributed by atoms with Crippen LogP contribution in [-0.4, -0.2) is 13.7 Å². The van der Waals surface area contributed by atoms with Gasteiger partial charge in [0, 0.05) is 15.8 Å². The van der Waals surface area contributed by atoms with Crippen molar-refractivity contribution < 1.29 is 9.47 Å². The van der Waals surface area contributed by atoms with Crippen molar-refractivity contribution in [2.45, 2.75) is 18.7 Å². The van der Waals surface area contributed by atoms with E-state index in [0.29, 0.717) is 6.61 Å². The van der Waals surface area contributed by atoms with Crippen molar-refractivity contribution in [1.29, 1.82) is 0 Å². The van der Waals surface area contributed by atoms with Gasteiger partial charge in [0.25, 0.3) is 0 Å². The molecule has 0 saturated carbocycles. The summed E-state index contributed by atoms with van der Waals surface area (Å²) in [6.07, 6.45) is 0. The van der Waals surface area contributed by atoms with Crippen LogP contribution in [0.25, 0.3) is 0 Å². The van der Waals surface area contributed by atoms with Crippen LogP contribution in [0.5, 0.6) is 11.5 Å². The molecule has 0 bridgehead atoms. The molecule has 1 aromatic heterocycles. The molecule has 0 radical (unpaired) electrons. The summed E-state index contributed by atoms with van der Waals surface area (Å²) in [5.74, 6) is 1.83. The van der Waals surface area contributed by atoms with Crippen molar-refractivity contribution >= 4 is 27.3 Å². The monoisotopic (exact) mass is 340 g/mol. The van der Waals surface area contributed by atoms with E-state index in [0.717, 1.165) is 17.1 Å². The van der Waals surface area contributed by atoms with Crippen LogP contribution in [0.4, 0.5) is 0 Å². The lowest BCUT2D eigenvalue weighted by molar-refractivity contribution is 0.337. The Morgan fingerprint density at radius 3 is 2.74 bits per heavy atom. The molecule has 2 nitrogen and oxygen atoms in total. The molecular formula is C15H17BrO2S. The van der Waals surface area contributed by atoms with Gasteiger partial charge in [-0.1, -0.05) is 33.6 Å². The highest BCUT2D eigenvalue weighted by atomic mass is 79.9. The predicted octanol–water partition coefficient (Wildman–Crippen LogP) is 4.95. The summed E-state index contributed by atoms with van der Waals surface area (Å²) in [4.78, 5) is 1.34. The first kappa shape index (κ1) is 14.4. The summed E-state index contributed by atoms with van der Waals surface area (Å²) >= 11 is 5.45. The number of methoxy groups -OCH3 is 1. The zero-order chi connectivity index (χ0) is 13.8. The Morgan fingerprint density at radius 1 is 1.32 bits per heavy atom. The molecule has 0 aliphatic rings. The summed E-state index contributed by atoms with van der Waals surface area (Å²) in [6, 6.07) is 8.33. The Hall–Kier alpha value is -1.00. The lowest BCUT2D eigenvalue weighted by atomic mass is 10.1. The van der Waals surface area contributed by atoms with Gasteiger partial charge in [-0.25, -0.2) is 0 Å². The molecule has 2 rings (SSSR count). The average Bonchev–Trinajstić information content (AvgIpc) is 2.89. The van der Waals surface area contributed by atoms with Crippen LogP contribution in [0.3, 0.4) is 0 Å². The summed E-state index contributed by atoms with van der Waals surface area (Å²) in [5, 5.41) is 2.01. The number of halogens is 1. The van der Waals surface area contributed by atoms with Gasteiger partial charge >= 0.3 is 0 Å². The second kappa shape index (κ2) is 6.44. The number of hydrogen-bond donors (Lipinski definition) is 0. The largest absolute Gasteiger partial charge is 0.496 e. The topological polar surface area (TPSA) is 18.5 Å². The molecule has 1 atom stereocenters. The van der Waals surface area contributed by atoms with E-state index in [9.17, 15) is 0 Å². The van der Waals surface area contributed by atoms with E-state index in [-0.39, 0.29) is 4.83 Å². The lowest BCUT2D eigenvalue weighted by Gasteiger charge is -2.15. The van der Waals surface area contributed by atoms with Gasteiger partial charge in [0.05, 0.1) is 18.5 Å². The van der Waals surface area contributed by atoms with Crippen molar-refractivity contribution in [2.24, 2.45) is 0 Å². The second-order valence-corrected chi connectivity index (χ2v) is 6.08. The number of ether oxygens (including phenoxy) is 2. The van der Waals surface area contributed by atoms with E-state index in [4.69, 9.17) is 9.47 Å². The van der Waals surface area contributed by atoms with E-state index in [1.807, 2.05) is 18.4 Å². The third-order valence-corrected chi connectivity index (χ3v) is 5.08. The highest BCUT2D eigenvalue weighted by Gasteiger charge is 2.18. The van der Waals surface area contributed by atoms with Gasteiger partial charge in [0.15, 0.2) is 0 Å². The fourth-order valence-electron chi connectivity index (χ4n) is 1.88. The summed E-state index contributed by atoms with van der Waals surface area (Å²) in [5.41, 5.74) is 2.39. The Morgan fingerprint density at radius 2 is 2.11 bits per heavy atom. The number of aryl methyl sites for hydroxylation is 1. The van der Waals surface area contributed by atoms with Gasteiger partial charge in [-0.3, -0.25) is 0 Å². The molecule has 2 aromatic rings. The molecule has 0 amide bonds. The molecule has 19 heavy (non-hydrogen) atoms. The molecule has 1 unspecified atom stereocenters. The van der Waals surface area contributed by atoms with Gasteiger partial charge in [-0.2, -0.15) is 0 Å². The fraction of sp³-hybridized carbons (Fsp3) is 0.333. The summed E-state index contributed by atoms with van der Waals surface area (Å²) < 4.78 is 11.0. The van der Waals surface area contributed by atoms with Gasteiger partial charge in [-0.15, -0.1) is 11.3 Å². The van der Waals surface area contributed by atoms with Crippen molar-refractivity contribution in [1.82, 2.24) is 0 Å². The highest BCUT2D eigenvalue weighted by molar-refractivity contribution is 9.09. The Labute approximate surface area is 126 Å². The number of hydrogen-bond acceptors (Lipinski definition) is 3. The van der Waals surface area contributed by atoms with Crippen molar-refractivity contribution in [3.05, 3.63) is 45.6 Å². The number of thiophene rings is 1. The van der Waals surface area contributed by atoms with Crippen LogP contribution < -0.4 is 9.47 Å². The molecule has 4 heteroatoms. The highest BCUT2D eigenvalue weighted by Crippen LogP contribution is 2.41. The van der Waals surface area contributed by atoms with E-state index in [2.05, 4.69) is 41.1 Å². The Bertz CT molecular complexity index is 551. The second-order valence-electron chi connectivity index (χ2n) is 4.23. The molecule has 102 valence electrons. The van der Waals surface area contributed by atoms with Crippen molar-refractivity contribution in [2.75, 3.05) is 13.7 Å². The average molecular weight is 341 g/mol. The van der Waals surface area contributed by atoms with Gasteiger partial charge in [0.2, 0.25) is 0 Å². The maximum atomic E-state index is 5.71. The maximum Gasteiger partial charge on any atom is 0.129 e. The zero-order valence-corrected chi connectivity index (χ0v) is 13.7. The van der Waals surface area contributed by atoms with Gasteiger partial charge in [-0.05, 0) is 26.0 Å². The van der Waals surface area contributed by atoms with Gasteiger partial charge in [0.1, 0.15) is 11.5 Å². The van der Waals surface area contributed by atoms with E-state index >= 15 is 0 Å². The Balaban J connectivity index is 2.36. The summed E-state index contributed by atoms with van der Waals surface area (Å²) in [6.45, 7) is 4.76. The molecular weight excluding hydrogens is 324 g/mol. The molecule has 1 aromatic carbocycles. The molecule has 0 N–H and O–H groups in total. The van der Waals surface area contributed by atoms with Crippen LogP contribution >= 0.6 is 27.3 Å². The molecule has 0 spiro atoms. The number of alkyl halides is 1. The van der Waals surface area contributed by atoms with E-state index in [1.54, 1.807) is 18.4 Å². The SMILES string of the molecule is CCOc1ccc(C)cc1C(Br)c1cc(OC)cs1. The molecule has 0 fully saturated rings. The normalized spacial score (nSPS) is 12.2. The van der Waals surface area contributed by atoms with Crippen LogP contribution in [0, 0.1) is 6.92 Å². The third-order valence-electron chi connectivity index (χ3n) is 2.82. The van der Waals surface area contributed by atoms with Crippen LogP contribution in [-0.2, 0) is 0 Å². The van der Waals surface area contributed by atoms with E-state index < -0.39 is 0 Å². The standard InChI is InChI=1S/C15H17BrO2S/c1-4-18-13-6-5-10(2)7-12(13)15(16)14-8-11(17-3)9-19-14/h5-9,15H,4H2,1-3H3. The van der Waals surface area contributed by atoms with Crippen LogP contribution in [0.15, 0.2) is 29.6 Å². The quantitative estimate of drug-likeness (QED) is 0.717. The lowest BCUT2D eigenvalue weighted by Crippen LogP contribution is -1.99. The molecule has 0 aliphatic carbocycles. The first-order valence-corrected chi connectivity index (χ1v) is 7.95. The zero-order valence-electron chi connectivity index (χ0n) is 11.3. The van der Waals surface area contributed by atoms with Crippen molar-refractivity contribution in [3.63, 3.8) is 0 Å². The van der Waals surface area contributed by atoms with Gasteiger partial charge < -0.3 is 9.47 Å². The molecule has 1 heterocycles. The number of rotatable bonds is 5. The smallest absolute Gasteiger partial charge is 0.129 e. The van der Waals surface area contributed by atoms with Crippen LogP contribution in [0.2, 0.25) is 0 Å². The summed E-state index contributed by atoms with van der Waals surface area (Å²) in [7, 11) is 1.69. The maximum absolute atomic E-state index is 5.71. The van der Waals surface area contributed by atoms with E-state index in [1.165, 1.54) is 10.4 Å². The predicted molar refractivity (Wildman–Crippen MR) is 84.0 cm³/mol. The molecule has 0 aliphatic heterocycles. The third kappa shape index (κ3) is 3.31. The Kier molecular flexibility index (Phi) is 4.88. The first-order chi connectivity index (χ1) is 9.15. The minimum absolute atomic E-state index is 0.128. The van der Waals surface area contributed by atoms with Crippen LogP contribution in [0.1, 0.15) is 27.8 Å². The number of benzene rings is 1. The minimum Gasteiger partial charge on any atom is -0.496 e. The van der Waals surface area contributed by atoms with Crippen molar-refractivity contribution in [3.8, 4) is 11.5 Å². The first-order valence-electron chi connectivity index (χ1n) is 6.15. The fourth-order valence-corrected chi connectivity index (χ4v) is 3.54.